The molecule has 0 amide bonds. The Kier molecular flexibility index (Phi) is 1.75. The first-order chi connectivity index (χ1) is 6.24. The lowest BCUT2D eigenvalue weighted by molar-refractivity contribution is 1.30. The SMILES string of the molecule is Cc1cccc2c1c(C#N)[c]n2Cl. The molecular formula is C10H6ClN2. The maximum absolute atomic E-state index is 8.82. The lowest BCUT2D eigenvalue weighted by atomic mass is 10.1. The Morgan fingerprint density at radius 1 is 1.54 bits per heavy atom. The highest BCUT2D eigenvalue weighted by Gasteiger charge is 2.08. The van der Waals surface area contributed by atoms with Gasteiger partial charge >= 0.3 is 0 Å². The summed E-state index contributed by atoms with van der Waals surface area (Å²) in [5, 5.41) is 9.71. The molecule has 1 radical (unpaired) electrons. The zero-order valence-electron chi connectivity index (χ0n) is 7.00. The van der Waals surface area contributed by atoms with Crippen molar-refractivity contribution < 1.29 is 0 Å². The second-order valence-corrected chi connectivity index (χ2v) is 3.19. The van der Waals surface area contributed by atoms with Gasteiger partial charge in [-0.2, -0.15) is 5.26 Å². The molecule has 0 aliphatic rings. The third-order valence-corrected chi connectivity index (χ3v) is 2.30. The third-order valence-electron chi connectivity index (χ3n) is 2.03. The van der Waals surface area contributed by atoms with E-state index in [0.717, 1.165) is 16.5 Å². The Hall–Kier alpha value is -1.46. The summed E-state index contributed by atoms with van der Waals surface area (Å²) in [4.78, 5) is 0. The number of aromatic nitrogens is 1. The third kappa shape index (κ3) is 1.09. The lowest BCUT2D eigenvalue weighted by Gasteiger charge is -1.95. The van der Waals surface area contributed by atoms with Crippen molar-refractivity contribution in [1.82, 2.24) is 4.09 Å². The molecule has 0 aliphatic heterocycles. The molecule has 1 aromatic heterocycles. The van der Waals surface area contributed by atoms with Gasteiger partial charge in [0.15, 0.2) is 0 Å². The fourth-order valence-corrected chi connectivity index (χ4v) is 1.66. The van der Waals surface area contributed by atoms with Crippen molar-refractivity contribution in [2.75, 3.05) is 0 Å². The molecule has 2 nitrogen and oxygen atoms in total. The molecule has 13 heavy (non-hydrogen) atoms. The van der Waals surface area contributed by atoms with Gasteiger partial charge < -0.3 is 0 Å². The van der Waals surface area contributed by atoms with E-state index in [4.69, 9.17) is 17.0 Å². The van der Waals surface area contributed by atoms with Gasteiger partial charge in [-0.25, -0.2) is 4.09 Å². The Balaban J connectivity index is 2.99. The molecule has 0 aliphatic carbocycles. The Morgan fingerprint density at radius 2 is 2.31 bits per heavy atom. The van der Waals surface area contributed by atoms with E-state index in [1.54, 1.807) is 0 Å². The molecule has 0 unspecified atom stereocenters. The minimum atomic E-state index is 0.503. The summed E-state index contributed by atoms with van der Waals surface area (Å²) >= 11 is 5.84. The van der Waals surface area contributed by atoms with Crippen molar-refractivity contribution in [3.05, 3.63) is 35.5 Å². The summed E-state index contributed by atoms with van der Waals surface area (Å²) < 4.78 is 1.33. The van der Waals surface area contributed by atoms with Crippen LogP contribution >= 0.6 is 11.8 Å². The number of fused-ring (bicyclic) bond motifs is 1. The van der Waals surface area contributed by atoms with Crippen LogP contribution < -0.4 is 0 Å². The number of nitriles is 1. The summed E-state index contributed by atoms with van der Waals surface area (Å²) in [6.45, 7) is 1.95. The number of halogens is 1. The molecule has 0 N–H and O–H groups in total. The Bertz CT molecular complexity index is 505. The second-order valence-electron chi connectivity index (χ2n) is 2.85. The first kappa shape index (κ1) is 8.15. The van der Waals surface area contributed by atoms with Crippen LogP contribution in [0.25, 0.3) is 10.9 Å². The summed E-state index contributed by atoms with van der Waals surface area (Å²) in [6.07, 6.45) is 2.76. The van der Waals surface area contributed by atoms with Gasteiger partial charge in [0.1, 0.15) is 12.3 Å². The van der Waals surface area contributed by atoms with Gasteiger partial charge in [0.25, 0.3) is 0 Å². The number of aryl methyl sites for hydroxylation is 1. The first-order valence-electron chi connectivity index (χ1n) is 3.83. The smallest absolute Gasteiger partial charge is 0.103 e. The van der Waals surface area contributed by atoms with E-state index in [-0.39, 0.29) is 0 Å². The maximum atomic E-state index is 8.82. The molecule has 0 saturated carbocycles. The average Bonchev–Trinajstić information content (AvgIpc) is 2.45. The van der Waals surface area contributed by atoms with Gasteiger partial charge in [-0.15, -0.1) is 0 Å². The number of hydrogen-bond acceptors (Lipinski definition) is 1. The number of hydrogen-bond donors (Lipinski definition) is 0. The standard InChI is InChI=1S/C10H6ClN2/c1-7-3-2-4-9-10(7)8(5-12)6-13(9)11/h2-4H,1H3. The summed E-state index contributed by atoms with van der Waals surface area (Å²) in [6, 6.07) is 7.80. The highest BCUT2D eigenvalue weighted by atomic mass is 35.5. The molecular weight excluding hydrogens is 184 g/mol. The van der Waals surface area contributed by atoms with Crippen molar-refractivity contribution in [1.29, 1.82) is 5.26 Å². The van der Waals surface area contributed by atoms with Crippen LogP contribution in [0.2, 0.25) is 0 Å². The topological polar surface area (TPSA) is 28.7 Å². The molecule has 2 aromatic rings. The predicted molar refractivity (Wildman–Crippen MR) is 51.5 cm³/mol. The molecule has 0 atom stereocenters. The van der Waals surface area contributed by atoms with Gasteiger partial charge in [0.05, 0.1) is 11.1 Å². The van der Waals surface area contributed by atoms with Crippen molar-refractivity contribution in [2.24, 2.45) is 0 Å². The first-order valence-corrected chi connectivity index (χ1v) is 4.17. The minimum absolute atomic E-state index is 0.503. The molecule has 1 heterocycles. The molecule has 0 spiro atoms. The Morgan fingerprint density at radius 3 is 3.00 bits per heavy atom. The van der Waals surface area contributed by atoms with Crippen LogP contribution in [-0.4, -0.2) is 4.09 Å². The molecule has 63 valence electrons. The fraction of sp³-hybridized carbons (Fsp3) is 0.100. The zero-order valence-corrected chi connectivity index (χ0v) is 7.76. The van der Waals surface area contributed by atoms with E-state index in [2.05, 4.69) is 12.3 Å². The van der Waals surface area contributed by atoms with Crippen LogP contribution in [0, 0.1) is 24.5 Å². The van der Waals surface area contributed by atoms with E-state index in [9.17, 15) is 0 Å². The van der Waals surface area contributed by atoms with E-state index in [1.165, 1.54) is 4.09 Å². The van der Waals surface area contributed by atoms with Crippen molar-refractivity contribution in [2.45, 2.75) is 6.92 Å². The quantitative estimate of drug-likeness (QED) is 0.626. The normalized spacial score (nSPS) is 10.2. The van der Waals surface area contributed by atoms with Crippen molar-refractivity contribution >= 4 is 22.7 Å². The van der Waals surface area contributed by atoms with Crippen LogP contribution in [0.5, 0.6) is 0 Å². The second kappa shape index (κ2) is 2.79. The largest absolute Gasteiger partial charge is 0.249 e. The van der Waals surface area contributed by atoms with E-state index in [0.29, 0.717) is 5.56 Å². The molecule has 1 aromatic carbocycles. The summed E-state index contributed by atoms with van der Waals surface area (Å²) in [5.74, 6) is 0. The minimum Gasteiger partial charge on any atom is -0.249 e. The predicted octanol–water partition coefficient (Wildman–Crippen LogP) is 2.62. The molecule has 3 heteroatoms. The summed E-state index contributed by atoms with van der Waals surface area (Å²) in [5.41, 5.74) is 2.38. The fourth-order valence-electron chi connectivity index (χ4n) is 1.44. The lowest BCUT2D eigenvalue weighted by Crippen LogP contribution is -1.77. The number of rotatable bonds is 0. The van der Waals surface area contributed by atoms with Crippen molar-refractivity contribution in [3.8, 4) is 6.07 Å². The van der Waals surface area contributed by atoms with Crippen LogP contribution in [-0.2, 0) is 0 Å². The number of benzene rings is 1. The van der Waals surface area contributed by atoms with Gasteiger partial charge in [0.2, 0.25) is 0 Å². The molecule has 0 saturated heterocycles. The van der Waals surface area contributed by atoms with Crippen LogP contribution in [0.15, 0.2) is 18.2 Å². The van der Waals surface area contributed by atoms with Crippen molar-refractivity contribution in [3.63, 3.8) is 0 Å². The molecule has 0 bridgehead atoms. The summed E-state index contributed by atoms with van der Waals surface area (Å²) in [7, 11) is 0. The van der Waals surface area contributed by atoms with Gasteiger partial charge in [-0.1, -0.05) is 12.1 Å². The zero-order chi connectivity index (χ0) is 9.42. The molecule has 2 rings (SSSR count). The average molecular weight is 190 g/mol. The van der Waals surface area contributed by atoms with Crippen LogP contribution in [0.1, 0.15) is 11.1 Å². The Labute approximate surface area is 81.1 Å². The van der Waals surface area contributed by atoms with Crippen LogP contribution in [0.4, 0.5) is 0 Å². The van der Waals surface area contributed by atoms with E-state index < -0.39 is 0 Å². The van der Waals surface area contributed by atoms with E-state index >= 15 is 0 Å². The maximum Gasteiger partial charge on any atom is 0.103 e. The van der Waals surface area contributed by atoms with Crippen LogP contribution in [0.3, 0.4) is 0 Å². The van der Waals surface area contributed by atoms with Gasteiger partial charge in [0, 0.05) is 17.2 Å². The molecule has 0 fully saturated rings. The monoisotopic (exact) mass is 189 g/mol. The highest BCUT2D eigenvalue weighted by molar-refractivity contribution is 6.19. The van der Waals surface area contributed by atoms with Gasteiger partial charge in [-0.05, 0) is 18.6 Å². The number of nitrogens with zero attached hydrogens (tertiary/aromatic N) is 2. The highest BCUT2D eigenvalue weighted by Crippen LogP contribution is 2.24. The van der Waals surface area contributed by atoms with Gasteiger partial charge in [-0.3, -0.25) is 0 Å². The van der Waals surface area contributed by atoms with E-state index in [1.807, 2.05) is 25.1 Å².